The van der Waals surface area contributed by atoms with E-state index in [1.54, 1.807) is 0 Å². The Kier molecular flexibility index (Phi) is 3.35. The topological polar surface area (TPSA) is 3.24 Å². The van der Waals surface area contributed by atoms with Gasteiger partial charge < -0.3 is 4.48 Å². The molecule has 2 rings (SSSR count). The number of nitrogens with zero attached hydrogens (tertiary/aromatic N) is 2. The molecule has 0 saturated carbocycles. The number of halogens is 1. The van der Waals surface area contributed by atoms with Crippen molar-refractivity contribution in [1.82, 2.24) is 4.42 Å². The molecule has 0 aromatic heterocycles. The molecule has 14 heavy (non-hydrogen) atoms. The third kappa shape index (κ3) is 2.23. The van der Waals surface area contributed by atoms with Crippen molar-refractivity contribution in [1.29, 1.82) is 0 Å². The van der Waals surface area contributed by atoms with Gasteiger partial charge in [-0.3, -0.25) is 0 Å². The highest BCUT2D eigenvalue weighted by atomic mass is 35.5. The van der Waals surface area contributed by atoms with Gasteiger partial charge in [-0.05, 0) is 31.0 Å². The van der Waals surface area contributed by atoms with Crippen molar-refractivity contribution in [3.8, 4) is 0 Å². The van der Waals surface area contributed by atoms with Crippen LogP contribution in [0.4, 0.5) is 0 Å². The molecule has 0 spiro atoms. The molecule has 82 valence electrons. The van der Waals surface area contributed by atoms with Crippen molar-refractivity contribution in [2.75, 3.05) is 33.2 Å². The van der Waals surface area contributed by atoms with Gasteiger partial charge in [-0.15, -0.1) is 0 Å². The Morgan fingerprint density at radius 3 is 2.21 bits per heavy atom. The number of hydrogen-bond donors (Lipinski definition) is 0. The Hall–Kier alpha value is 0.210. The summed E-state index contributed by atoms with van der Waals surface area (Å²) in [6.07, 6.45) is 6.89. The summed E-state index contributed by atoms with van der Waals surface area (Å²) < 4.78 is 3.28. The quantitative estimate of drug-likeness (QED) is 0.481. The van der Waals surface area contributed by atoms with Crippen LogP contribution >= 0.6 is 11.8 Å². The predicted octanol–water partition coefficient (Wildman–Crippen LogP) is 2.24. The second kappa shape index (κ2) is 4.38. The normalized spacial score (nSPS) is 30.4. The van der Waals surface area contributed by atoms with Crippen molar-refractivity contribution in [3.63, 3.8) is 0 Å². The maximum atomic E-state index is 5.99. The van der Waals surface area contributed by atoms with Gasteiger partial charge in [0.2, 0.25) is 0 Å². The number of quaternary nitrogens is 1. The zero-order valence-corrected chi connectivity index (χ0v) is 9.97. The molecule has 2 saturated heterocycles. The Morgan fingerprint density at radius 2 is 1.64 bits per heavy atom. The fourth-order valence-electron chi connectivity index (χ4n) is 3.06. The maximum absolute atomic E-state index is 5.99. The molecule has 0 unspecified atom stereocenters. The third-order valence-corrected chi connectivity index (χ3v) is 4.47. The molecule has 2 fully saturated rings. The molecule has 2 heterocycles. The van der Waals surface area contributed by atoms with Crippen LogP contribution in [0.2, 0.25) is 0 Å². The van der Waals surface area contributed by atoms with Crippen molar-refractivity contribution in [3.05, 3.63) is 0 Å². The van der Waals surface area contributed by atoms with Crippen LogP contribution in [-0.2, 0) is 0 Å². The molecule has 2 aliphatic heterocycles. The second-order valence-electron chi connectivity index (χ2n) is 5.13. The van der Waals surface area contributed by atoms with Gasteiger partial charge in [0.05, 0.1) is 26.2 Å². The third-order valence-electron chi connectivity index (χ3n) is 4.13. The lowest BCUT2D eigenvalue weighted by atomic mass is 9.98. The summed E-state index contributed by atoms with van der Waals surface area (Å²) in [5.74, 6) is 0. The van der Waals surface area contributed by atoms with E-state index in [1.807, 2.05) is 4.42 Å². The van der Waals surface area contributed by atoms with Crippen molar-refractivity contribution in [2.45, 2.75) is 38.1 Å². The number of hydrogen-bond acceptors (Lipinski definition) is 1. The Labute approximate surface area is 92.5 Å². The minimum Gasteiger partial charge on any atom is -0.324 e. The van der Waals surface area contributed by atoms with Gasteiger partial charge in [0.1, 0.15) is 0 Å². The first kappa shape index (κ1) is 10.7. The Balaban J connectivity index is 1.92. The molecule has 2 aliphatic rings. The fourth-order valence-corrected chi connectivity index (χ4v) is 3.25. The van der Waals surface area contributed by atoms with E-state index in [0.29, 0.717) is 0 Å². The molecule has 0 aliphatic carbocycles. The van der Waals surface area contributed by atoms with Gasteiger partial charge in [0, 0.05) is 25.9 Å². The van der Waals surface area contributed by atoms with E-state index < -0.39 is 0 Å². The highest BCUT2D eigenvalue weighted by Crippen LogP contribution is 2.27. The van der Waals surface area contributed by atoms with Crippen molar-refractivity contribution >= 4 is 11.8 Å². The fraction of sp³-hybridized carbons (Fsp3) is 1.00. The SMILES string of the molecule is C[N+]1(C2CCN(Cl)CC2)CCCCC1. The van der Waals surface area contributed by atoms with Gasteiger partial charge in [-0.2, -0.15) is 0 Å². The summed E-state index contributed by atoms with van der Waals surface area (Å²) in [4.78, 5) is 0. The first-order valence-corrected chi connectivity index (χ1v) is 6.29. The van der Waals surface area contributed by atoms with Gasteiger partial charge in [-0.1, -0.05) is 0 Å². The van der Waals surface area contributed by atoms with Crippen LogP contribution in [0, 0.1) is 0 Å². The maximum Gasteiger partial charge on any atom is 0.0914 e. The van der Waals surface area contributed by atoms with Crippen LogP contribution in [-0.4, -0.2) is 48.2 Å². The summed E-state index contributed by atoms with van der Waals surface area (Å²) in [6.45, 7) is 4.96. The molecular formula is C11H22ClN2+. The summed E-state index contributed by atoms with van der Waals surface area (Å²) in [7, 11) is 2.45. The number of piperidine rings is 2. The summed E-state index contributed by atoms with van der Waals surface area (Å²) in [5.41, 5.74) is 0. The monoisotopic (exact) mass is 217 g/mol. The molecule has 3 heteroatoms. The average molecular weight is 218 g/mol. The lowest BCUT2D eigenvalue weighted by molar-refractivity contribution is -0.938. The Morgan fingerprint density at radius 1 is 1.07 bits per heavy atom. The summed E-state index contributed by atoms with van der Waals surface area (Å²) >= 11 is 5.99. The van der Waals surface area contributed by atoms with E-state index in [1.165, 1.54) is 49.7 Å². The standard InChI is InChI=1S/C11H22ClN2/c1-14(9-3-2-4-10-14)11-5-7-13(12)8-6-11/h11H,2-10H2,1H3/q+1. The first-order valence-electron chi connectivity index (χ1n) is 5.96. The predicted molar refractivity (Wildman–Crippen MR) is 60.2 cm³/mol. The van der Waals surface area contributed by atoms with Crippen LogP contribution in [0.1, 0.15) is 32.1 Å². The first-order chi connectivity index (χ1) is 6.71. The van der Waals surface area contributed by atoms with Crippen LogP contribution in [0.15, 0.2) is 0 Å². The van der Waals surface area contributed by atoms with Crippen LogP contribution in [0.25, 0.3) is 0 Å². The highest BCUT2D eigenvalue weighted by Gasteiger charge is 2.35. The lowest BCUT2D eigenvalue weighted by Crippen LogP contribution is -2.57. The highest BCUT2D eigenvalue weighted by molar-refractivity contribution is 6.13. The summed E-state index contributed by atoms with van der Waals surface area (Å²) in [6, 6.07) is 0.880. The van der Waals surface area contributed by atoms with Crippen LogP contribution in [0.5, 0.6) is 0 Å². The minimum absolute atomic E-state index is 0.880. The smallest absolute Gasteiger partial charge is 0.0914 e. The molecule has 0 radical (unpaired) electrons. The minimum atomic E-state index is 0.880. The van der Waals surface area contributed by atoms with Crippen LogP contribution in [0.3, 0.4) is 0 Å². The number of rotatable bonds is 1. The van der Waals surface area contributed by atoms with Gasteiger partial charge in [-0.25, -0.2) is 4.42 Å². The molecule has 0 N–H and O–H groups in total. The molecular weight excluding hydrogens is 196 g/mol. The van der Waals surface area contributed by atoms with Gasteiger partial charge >= 0.3 is 0 Å². The molecule has 0 aromatic rings. The van der Waals surface area contributed by atoms with E-state index in [-0.39, 0.29) is 0 Å². The van der Waals surface area contributed by atoms with Crippen LogP contribution < -0.4 is 0 Å². The molecule has 0 bridgehead atoms. The number of likely N-dealkylation sites (tertiary alicyclic amines) is 1. The van der Waals surface area contributed by atoms with E-state index in [9.17, 15) is 0 Å². The molecule has 0 amide bonds. The molecule has 0 atom stereocenters. The second-order valence-corrected chi connectivity index (χ2v) is 5.61. The van der Waals surface area contributed by atoms with E-state index in [4.69, 9.17) is 11.8 Å². The average Bonchev–Trinajstić information content (AvgIpc) is 2.19. The molecule has 2 nitrogen and oxygen atoms in total. The Bertz CT molecular complexity index is 182. The summed E-state index contributed by atoms with van der Waals surface area (Å²) in [5, 5.41) is 0. The zero-order chi connectivity index (χ0) is 10.0. The van der Waals surface area contributed by atoms with Crippen molar-refractivity contribution < 1.29 is 4.48 Å². The van der Waals surface area contributed by atoms with E-state index in [0.717, 1.165) is 19.1 Å². The van der Waals surface area contributed by atoms with E-state index >= 15 is 0 Å². The van der Waals surface area contributed by atoms with E-state index in [2.05, 4.69) is 7.05 Å². The molecule has 0 aromatic carbocycles. The van der Waals surface area contributed by atoms with Gasteiger partial charge in [0.25, 0.3) is 0 Å². The zero-order valence-electron chi connectivity index (χ0n) is 9.21. The van der Waals surface area contributed by atoms with Crippen molar-refractivity contribution in [2.24, 2.45) is 0 Å². The largest absolute Gasteiger partial charge is 0.324 e. The van der Waals surface area contributed by atoms with Gasteiger partial charge in [0.15, 0.2) is 0 Å². The lowest BCUT2D eigenvalue weighted by Gasteiger charge is -2.46.